The molecule has 2 N–H and O–H groups in total. The second-order valence-electron chi connectivity index (χ2n) is 14.5. The van der Waals surface area contributed by atoms with Gasteiger partial charge >= 0.3 is 0 Å². The van der Waals surface area contributed by atoms with Gasteiger partial charge in [0.2, 0.25) is 11.8 Å². The summed E-state index contributed by atoms with van der Waals surface area (Å²) in [4.78, 5) is 42.9. The third-order valence-corrected chi connectivity index (χ3v) is 12.5. The number of hydrogen-bond donors (Lipinski definition) is 2. The number of aromatic nitrogens is 7. The van der Waals surface area contributed by atoms with E-state index >= 15 is 0 Å². The maximum Gasteiger partial charge on any atom is 0.256 e. The van der Waals surface area contributed by atoms with Crippen molar-refractivity contribution >= 4 is 50.2 Å². The predicted octanol–water partition coefficient (Wildman–Crippen LogP) is 4.37. The van der Waals surface area contributed by atoms with Crippen molar-refractivity contribution in [3.8, 4) is 11.4 Å². The van der Waals surface area contributed by atoms with Crippen molar-refractivity contribution in [3.63, 3.8) is 0 Å². The molecule has 1 aromatic carbocycles. The van der Waals surface area contributed by atoms with E-state index < -0.39 is 10.0 Å². The van der Waals surface area contributed by atoms with E-state index in [0.717, 1.165) is 64.4 Å². The molecule has 0 spiro atoms. The molecule has 5 aromatic rings. The lowest BCUT2D eigenvalue weighted by Crippen LogP contribution is -2.43. The van der Waals surface area contributed by atoms with E-state index in [1.54, 1.807) is 12.3 Å². The molecular weight excluding hydrogens is 695 g/mol. The number of carbonyl (C=O) groups is 2. The molecule has 4 aromatic heterocycles. The van der Waals surface area contributed by atoms with Gasteiger partial charge in [0.15, 0.2) is 11.6 Å². The number of anilines is 3. The van der Waals surface area contributed by atoms with Crippen molar-refractivity contribution in [1.82, 2.24) is 44.1 Å². The molecule has 53 heavy (non-hydrogen) atoms. The largest absolute Gasteiger partial charge is 0.354 e. The van der Waals surface area contributed by atoms with Gasteiger partial charge in [-0.05, 0) is 70.2 Å². The van der Waals surface area contributed by atoms with E-state index in [2.05, 4.69) is 62.5 Å². The Bertz CT molecular complexity index is 2290. The molecular formula is C37H43N11O4S. The summed E-state index contributed by atoms with van der Waals surface area (Å²) >= 11 is 0. The number of imide groups is 1. The highest BCUT2D eigenvalue weighted by molar-refractivity contribution is 7.90. The van der Waals surface area contributed by atoms with Crippen LogP contribution in [0.15, 0.2) is 61.2 Å². The standard InChI is InChI=1S/C37H43N11O4S/c1-23(2)48-31-18-33(41-32-12-15-38-35(42-32)25-19-40-47(22-25)53(51,52)27-8-9-27)39-20-30(31)36(44-48)46-16-13-26(14-17-46)45(3)21-24-6-4-5-7-28(24)29-10-11-34(49)43-37(29)50/h4-7,12,15,18-20,22-23,26-27,29H,8-11,13-14,16-17,21H2,1-3H3,(H,43,49,50)(H,38,39,41,42). The second-order valence-corrected chi connectivity index (χ2v) is 16.6. The van der Waals surface area contributed by atoms with Gasteiger partial charge in [-0.1, -0.05) is 24.3 Å². The first-order valence-corrected chi connectivity index (χ1v) is 19.7. The Morgan fingerprint density at radius 2 is 1.79 bits per heavy atom. The summed E-state index contributed by atoms with van der Waals surface area (Å²) in [6.45, 7) is 6.63. The number of benzene rings is 1. The lowest BCUT2D eigenvalue weighted by molar-refractivity contribution is -0.134. The summed E-state index contributed by atoms with van der Waals surface area (Å²) in [5.74, 6) is 1.68. The third kappa shape index (κ3) is 7.00. The minimum atomic E-state index is -3.49. The zero-order valence-corrected chi connectivity index (χ0v) is 30.8. The number of carbonyl (C=O) groups excluding carboxylic acids is 2. The van der Waals surface area contributed by atoms with Crippen molar-refractivity contribution in [2.45, 2.75) is 82.2 Å². The average molecular weight is 738 g/mol. The van der Waals surface area contributed by atoms with Crippen LogP contribution in [0, 0.1) is 0 Å². The average Bonchev–Trinajstić information content (AvgIpc) is 3.77. The van der Waals surface area contributed by atoms with E-state index in [1.807, 2.05) is 35.1 Å². The molecule has 15 nitrogen and oxygen atoms in total. The first-order chi connectivity index (χ1) is 25.5. The van der Waals surface area contributed by atoms with Crippen LogP contribution in [0.4, 0.5) is 17.5 Å². The highest BCUT2D eigenvalue weighted by Gasteiger charge is 2.38. The van der Waals surface area contributed by atoms with Crippen LogP contribution >= 0.6 is 0 Å². The van der Waals surface area contributed by atoms with Crippen LogP contribution in [0.25, 0.3) is 22.3 Å². The number of rotatable bonds is 11. The van der Waals surface area contributed by atoms with Gasteiger partial charge in [0, 0.05) is 56.6 Å². The quantitative estimate of drug-likeness (QED) is 0.184. The number of piperidine rings is 2. The van der Waals surface area contributed by atoms with E-state index in [4.69, 9.17) is 10.1 Å². The van der Waals surface area contributed by atoms with Gasteiger partial charge in [-0.25, -0.2) is 23.4 Å². The highest BCUT2D eigenvalue weighted by Crippen LogP contribution is 2.34. The molecule has 0 bridgehead atoms. The van der Waals surface area contributed by atoms with Crippen molar-refractivity contribution in [2.24, 2.45) is 0 Å². The Morgan fingerprint density at radius 1 is 1.00 bits per heavy atom. The highest BCUT2D eigenvalue weighted by atomic mass is 32.2. The Hall–Kier alpha value is -5.22. The second kappa shape index (κ2) is 14.0. The van der Waals surface area contributed by atoms with E-state index in [0.29, 0.717) is 54.7 Å². The summed E-state index contributed by atoms with van der Waals surface area (Å²) < 4.78 is 28.3. The van der Waals surface area contributed by atoms with Crippen LogP contribution in [0.2, 0.25) is 0 Å². The van der Waals surface area contributed by atoms with Crippen LogP contribution in [-0.4, -0.2) is 90.5 Å². The number of pyridine rings is 1. The smallest absolute Gasteiger partial charge is 0.256 e. The number of nitrogens with zero attached hydrogens (tertiary/aromatic N) is 9. The topological polar surface area (TPSA) is 173 Å². The number of hydrogen-bond acceptors (Lipinski definition) is 12. The molecule has 16 heteroatoms. The molecule has 1 aliphatic carbocycles. The number of nitrogens with one attached hydrogen (secondary N) is 2. The molecule has 6 heterocycles. The van der Waals surface area contributed by atoms with Gasteiger partial charge in [0.05, 0.1) is 40.0 Å². The molecule has 8 rings (SSSR count). The van der Waals surface area contributed by atoms with E-state index in [-0.39, 0.29) is 29.0 Å². The molecule has 2 amide bonds. The lowest BCUT2D eigenvalue weighted by atomic mass is 9.87. The van der Waals surface area contributed by atoms with E-state index in [9.17, 15) is 18.0 Å². The van der Waals surface area contributed by atoms with Crippen molar-refractivity contribution in [3.05, 3.63) is 72.3 Å². The van der Waals surface area contributed by atoms with Gasteiger partial charge < -0.3 is 10.2 Å². The molecule has 3 fully saturated rings. The minimum Gasteiger partial charge on any atom is -0.354 e. The predicted molar refractivity (Wildman–Crippen MR) is 200 cm³/mol. The maximum absolute atomic E-state index is 12.7. The van der Waals surface area contributed by atoms with Crippen LogP contribution < -0.4 is 15.5 Å². The minimum absolute atomic E-state index is 0.115. The fraction of sp³-hybridized carbons (Fsp3) is 0.432. The maximum atomic E-state index is 12.7. The zero-order chi connectivity index (χ0) is 36.9. The normalized spacial score (nSPS) is 18.7. The SMILES string of the molecule is CC(C)n1nc(N2CCC(N(C)Cc3ccccc3C3CCC(=O)NC3=O)CC2)c2cnc(Nc3ccnc(-c4cnn(S(=O)(=O)C5CC5)c4)n3)cc21. The molecule has 3 aliphatic rings. The van der Waals surface area contributed by atoms with Crippen LogP contribution in [-0.2, 0) is 26.2 Å². The molecule has 0 radical (unpaired) electrons. The summed E-state index contributed by atoms with van der Waals surface area (Å²) in [5.41, 5.74) is 3.59. The van der Waals surface area contributed by atoms with Gasteiger partial charge in [-0.3, -0.25) is 24.5 Å². The first-order valence-electron chi connectivity index (χ1n) is 18.2. The molecule has 1 unspecified atom stereocenters. The van der Waals surface area contributed by atoms with Crippen molar-refractivity contribution < 1.29 is 18.0 Å². The lowest BCUT2D eigenvalue weighted by Gasteiger charge is -2.37. The fourth-order valence-electron chi connectivity index (χ4n) is 7.41. The summed E-state index contributed by atoms with van der Waals surface area (Å²) in [6, 6.07) is 12.3. The van der Waals surface area contributed by atoms with Gasteiger partial charge in [-0.15, -0.1) is 0 Å². The van der Waals surface area contributed by atoms with E-state index in [1.165, 1.54) is 12.4 Å². The monoisotopic (exact) mass is 737 g/mol. The molecule has 1 atom stereocenters. The van der Waals surface area contributed by atoms with Gasteiger partial charge in [0.1, 0.15) is 11.6 Å². The molecule has 1 saturated carbocycles. The zero-order valence-electron chi connectivity index (χ0n) is 30.0. The summed E-state index contributed by atoms with van der Waals surface area (Å²) in [5, 5.41) is 15.6. The Labute approximate surface area is 307 Å². The van der Waals surface area contributed by atoms with Crippen LogP contribution in [0.5, 0.6) is 0 Å². The number of amides is 2. The molecule has 276 valence electrons. The van der Waals surface area contributed by atoms with Crippen LogP contribution in [0.3, 0.4) is 0 Å². The fourth-order valence-corrected chi connectivity index (χ4v) is 8.89. The first kappa shape index (κ1) is 34.8. The Kier molecular flexibility index (Phi) is 9.18. The molecule has 2 aliphatic heterocycles. The third-order valence-electron chi connectivity index (χ3n) is 10.5. The summed E-state index contributed by atoms with van der Waals surface area (Å²) in [6.07, 6.45) is 10.5. The summed E-state index contributed by atoms with van der Waals surface area (Å²) in [7, 11) is -1.34. The number of fused-ring (bicyclic) bond motifs is 1. The van der Waals surface area contributed by atoms with Gasteiger partial charge in [-0.2, -0.15) is 14.3 Å². The van der Waals surface area contributed by atoms with Crippen molar-refractivity contribution in [1.29, 1.82) is 0 Å². The van der Waals surface area contributed by atoms with Gasteiger partial charge in [0.25, 0.3) is 10.0 Å². The molecule has 2 saturated heterocycles. The Balaban J connectivity index is 0.951. The van der Waals surface area contributed by atoms with Crippen molar-refractivity contribution in [2.75, 3.05) is 30.4 Å². The van der Waals surface area contributed by atoms with Crippen LogP contribution in [0.1, 0.15) is 75.5 Å². The Morgan fingerprint density at radius 3 is 2.55 bits per heavy atom.